The van der Waals surface area contributed by atoms with Crippen LogP contribution >= 0.6 is 0 Å². The summed E-state index contributed by atoms with van der Waals surface area (Å²) in [6.45, 7) is 11.2. The van der Waals surface area contributed by atoms with Crippen LogP contribution in [0.5, 0.6) is 0 Å². The molecule has 1 atom stereocenters. The van der Waals surface area contributed by atoms with Crippen molar-refractivity contribution in [3.63, 3.8) is 0 Å². The Morgan fingerprint density at radius 3 is 2.79 bits per heavy atom. The Bertz CT molecular complexity index is 653. The summed E-state index contributed by atoms with van der Waals surface area (Å²) in [5, 5.41) is 11.3. The Labute approximate surface area is 169 Å². The number of carbonyl (C=O) groups is 1. The van der Waals surface area contributed by atoms with Crippen LogP contribution in [0.2, 0.25) is 0 Å². The minimum absolute atomic E-state index is 0.000192. The van der Waals surface area contributed by atoms with Gasteiger partial charge in [-0.2, -0.15) is 5.10 Å². The first-order chi connectivity index (χ1) is 13.4. The number of likely N-dealkylation sites (tertiary alicyclic amines) is 1. The molecule has 28 heavy (non-hydrogen) atoms. The number of hydrogen-bond donors (Lipinski definition) is 2. The molecule has 0 spiro atoms. The quantitative estimate of drug-likeness (QED) is 0.373. The maximum Gasteiger partial charge on any atom is 0.243 e. The Morgan fingerprint density at radius 2 is 2.14 bits per heavy atom. The first kappa shape index (κ1) is 22.2. The maximum atomic E-state index is 11.9. The molecule has 1 aromatic rings. The van der Waals surface area contributed by atoms with Crippen LogP contribution in [-0.4, -0.2) is 84.3 Å². The largest absolute Gasteiger partial charge is 0.356 e. The van der Waals surface area contributed by atoms with Crippen molar-refractivity contribution >= 4 is 11.9 Å². The van der Waals surface area contributed by atoms with Gasteiger partial charge in [0, 0.05) is 45.5 Å². The summed E-state index contributed by atoms with van der Waals surface area (Å²) in [6.07, 6.45) is 3.40. The zero-order chi connectivity index (χ0) is 20.5. The number of aryl methyl sites for hydroxylation is 3. The first-order valence-electron chi connectivity index (χ1n) is 10.4. The highest BCUT2D eigenvalue weighted by Crippen LogP contribution is 2.15. The van der Waals surface area contributed by atoms with E-state index in [0.717, 1.165) is 38.3 Å². The van der Waals surface area contributed by atoms with E-state index in [-0.39, 0.29) is 12.5 Å². The highest BCUT2D eigenvalue weighted by atomic mass is 16.2. The zero-order valence-electron chi connectivity index (χ0n) is 18.2. The van der Waals surface area contributed by atoms with E-state index >= 15 is 0 Å². The van der Waals surface area contributed by atoms with Crippen molar-refractivity contribution in [2.24, 2.45) is 4.99 Å². The molecule has 1 saturated heterocycles. The Hall–Kier alpha value is -2.09. The van der Waals surface area contributed by atoms with E-state index in [2.05, 4.69) is 45.5 Å². The molecule has 1 amide bonds. The van der Waals surface area contributed by atoms with E-state index in [0.29, 0.717) is 12.0 Å². The van der Waals surface area contributed by atoms with Gasteiger partial charge in [-0.3, -0.25) is 14.4 Å². The van der Waals surface area contributed by atoms with E-state index in [9.17, 15) is 4.79 Å². The molecule has 1 fully saturated rings. The summed E-state index contributed by atoms with van der Waals surface area (Å²) >= 11 is 0. The second-order valence-corrected chi connectivity index (χ2v) is 7.69. The van der Waals surface area contributed by atoms with Crippen molar-refractivity contribution in [2.75, 3.05) is 46.8 Å². The monoisotopic (exact) mass is 391 g/mol. The van der Waals surface area contributed by atoms with Crippen molar-refractivity contribution in [1.82, 2.24) is 30.2 Å². The van der Waals surface area contributed by atoms with Gasteiger partial charge in [-0.25, -0.2) is 4.99 Å². The summed E-state index contributed by atoms with van der Waals surface area (Å²) in [5.74, 6) is 0.714. The van der Waals surface area contributed by atoms with Gasteiger partial charge in [0.25, 0.3) is 0 Å². The normalized spacial score (nSPS) is 17.8. The van der Waals surface area contributed by atoms with Crippen LogP contribution in [0, 0.1) is 13.8 Å². The Kier molecular flexibility index (Phi) is 8.76. The van der Waals surface area contributed by atoms with Crippen LogP contribution in [0.1, 0.15) is 37.6 Å². The molecule has 8 nitrogen and oxygen atoms in total. The molecule has 0 aromatic carbocycles. The number of guanidine groups is 1. The van der Waals surface area contributed by atoms with E-state index in [4.69, 9.17) is 0 Å². The number of likely N-dealkylation sites (N-methyl/N-ethyl adjacent to an activating group) is 2. The molecule has 0 aliphatic carbocycles. The second-order valence-electron chi connectivity index (χ2n) is 7.69. The molecule has 1 aliphatic heterocycles. The summed E-state index contributed by atoms with van der Waals surface area (Å²) < 4.78 is 2.04. The Balaban J connectivity index is 1.85. The van der Waals surface area contributed by atoms with Crippen LogP contribution < -0.4 is 10.6 Å². The molecule has 2 N–H and O–H groups in total. The average molecular weight is 392 g/mol. The number of aromatic nitrogens is 2. The number of carbonyl (C=O) groups excluding carboxylic acids is 1. The van der Waals surface area contributed by atoms with Crippen molar-refractivity contribution in [3.05, 3.63) is 17.5 Å². The fraction of sp³-hybridized carbons (Fsp3) is 0.750. The summed E-state index contributed by atoms with van der Waals surface area (Å²) in [7, 11) is 3.51. The molecule has 1 unspecified atom stereocenters. The van der Waals surface area contributed by atoms with E-state index in [1.807, 2.05) is 11.6 Å². The van der Waals surface area contributed by atoms with Crippen LogP contribution in [0.25, 0.3) is 0 Å². The second kappa shape index (κ2) is 11.0. The fourth-order valence-corrected chi connectivity index (χ4v) is 3.56. The molecule has 2 heterocycles. The van der Waals surface area contributed by atoms with Gasteiger partial charge in [-0.05, 0) is 52.3 Å². The topological polar surface area (TPSA) is 77.8 Å². The predicted molar refractivity (Wildman–Crippen MR) is 114 cm³/mol. The molecule has 0 saturated carbocycles. The standard InChI is InChI=1S/C20H37N7O/c1-6-26-11-7-9-18(26)14-22-20(23-15-19(28)25(4)5)21-10-8-12-27-17(3)13-16(2)24-27/h13,18H,6-12,14-15H2,1-5H3,(H2,21,22,23). The zero-order valence-corrected chi connectivity index (χ0v) is 18.2. The summed E-state index contributed by atoms with van der Waals surface area (Å²) in [6, 6.07) is 2.63. The van der Waals surface area contributed by atoms with E-state index in [1.54, 1.807) is 19.0 Å². The number of rotatable bonds is 9. The van der Waals surface area contributed by atoms with Crippen LogP contribution in [-0.2, 0) is 11.3 Å². The fourth-order valence-electron chi connectivity index (χ4n) is 3.56. The van der Waals surface area contributed by atoms with Gasteiger partial charge in [0.05, 0.1) is 5.69 Å². The molecule has 0 radical (unpaired) electrons. The predicted octanol–water partition coefficient (Wildman–Crippen LogP) is 0.998. The minimum atomic E-state index is -0.000192. The first-order valence-corrected chi connectivity index (χ1v) is 10.4. The molecule has 8 heteroatoms. The lowest BCUT2D eigenvalue weighted by atomic mass is 10.2. The number of hydrogen-bond acceptors (Lipinski definition) is 4. The lowest BCUT2D eigenvalue weighted by Gasteiger charge is -2.24. The lowest BCUT2D eigenvalue weighted by molar-refractivity contribution is -0.127. The number of nitrogens with zero attached hydrogens (tertiary/aromatic N) is 5. The molecule has 158 valence electrons. The van der Waals surface area contributed by atoms with Crippen LogP contribution in [0.4, 0.5) is 0 Å². The van der Waals surface area contributed by atoms with Gasteiger partial charge in [-0.1, -0.05) is 6.92 Å². The third-order valence-electron chi connectivity index (χ3n) is 5.22. The highest BCUT2D eigenvalue weighted by molar-refractivity contribution is 5.84. The van der Waals surface area contributed by atoms with Crippen molar-refractivity contribution in [3.8, 4) is 0 Å². The van der Waals surface area contributed by atoms with Crippen LogP contribution in [0.15, 0.2) is 11.1 Å². The van der Waals surface area contributed by atoms with Gasteiger partial charge in [0.2, 0.25) is 5.91 Å². The number of amides is 1. The summed E-state index contributed by atoms with van der Waals surface area (Å²) in [5.41, 5.74) is 2.23. The molecule has 2 rings (SSSR count). The molecule has 1 aliphatic rings. The van der Waals surface area contributed by atoms with Gasteiger partial charge in [-0.15, -0.1) is 0 Å². The smallest absolute Gasteiger partial charge is 0.243 e. The van der Waals surface area contributed by atoms with Crippen molar-refractivity contribution in [2.45, 2.75) is 52.6 Å². The van der Waals surface area contributed by atoms with Crippen molar-refractivity contribution in [1.29, 1.82) is 0 Å². The highest BCUT2D eigenvalue weighted by Gasteiger charge is 2.22. The van der Waals surface area contributed by atoms with Gasteiger partial charge < -0.3 is 15.5 Å². The third kappa shape index (κ3) is 6.82. The molecule has 0 bridgehead atoms. The number of nitrogens with one attached hydrogen (secondary N) is 2. The molecular weight excluding hydrogens is 354 g/mol. The number of aliphatic imine (C=N–C) groups is 1. The van der Waals surface area contributed by atoms with Crippen LogP contribution in [0.3, 0.4) is 0 Å². The Morgan fingerprint density at radius 1 is 1.36 bits per heavy atom. The summed E-state index contributed by atoms with van der Waals surface area (Å²) in [4.78, 5) is 20.5. The average Bonchev–Trinajstić information content (AvgIpc) is 3.24. The molecule has 1 aromatic heterocycles. The maximum absolute atomic E-state index is 11.9. The van der Waals surface area contributed by atoms with Gasteiger partial charge in [0.1, 0.15) is 6.54 Å². The SMILES string of the molecule is CCN1CCCC1CNC(=NCC(=O)N(C)C)NCCCn1nc(C)cc1C. The molecular formula is C20H37N7O. The van der Waals surface area contributed by atoms with E-state index in [1.165, 1.54) is 25.1 Å². The third-order valence-corrected chi connectivity index (χ3v) is 5.22. The van der Waals surface area contributed by atoms with Gasteiger partial charge in [0.15, 0.2) is 5.96 Å². The lowest BCUT2D eigenvalue weighted by Crippen LogP contribution is -2.45. The van der Waals surface area contributed by atoms with Crippen molar-refractivity contribution < 1.29 is 4.79 Å². The van der Waals surface area contributed by atoms with E-state index < -0.39 is 0 Å². The van der Waals surface area contributed by atoms with Gasteiger partial charge >= 0.3 is 0 Å². The minimum Gasteiger partial charge on any atom is -0.356 e.